The van der Waals surface area contributed by atoms with Crippen molar-refractivity contribution in [1.29, 1.82) is 0 Å². The average Bonchev–Trinajstić information content (AvgIpc) is 2.97. The van der Waals surface area contributed by atoms with Gasteiger partial charge in [0.15, 0.2) is 0 Å². The Kier molecular flexibility index (Phi) is 4.08. The Hall–Kier alpha value is -3.28. The minimum Gasteiger partial charge on any atom is -0.324 e. The first-order valence-electron chi connectivity index (χ1n) is 8.39. The minimum atomic E-state index is -0.357. The van der Waals surface area contributed by atoms with Crippen LogP contribution >= 0.6 is 0 Å². The molecule has 1 amide bonds. The predicted molar refractivity (Wildman–Crippen MR) is 98.1 cm³/mol. The number of carbonyl (C=O) groups excluding carboxylic acids is 1. The number of hydrogen-bond donors (Lipinski definition) is 1. The highest BCUT2D eigenvalue weighted by Gasteiger charge is 2.31. The molecule has 130 valence electrons. The van der Waals surface area contributed by atoms with Crippen LogP contribution in [0.3, 0.4) is 0 Å². The van der Waals surface area contributed by atoms with E-state index in [2.05, 4.69) is 15.3 Å². The Labute approximate surface area is 150 Å². The summed E-state index contributed by atoms with van der Waals surface area (Å²) >= 11 is 0. The first-order valence-corrected chi connectivity index (χ1v) is 8.39. The van der Waals surface area contributed by atoms with Crippen molar-refractivity contribution in [2.45, 2.75) is 19.4 Å². The second-order valence-electron chi connectivity index (χ2n) is 6.26. The van der Waals surface area contributed by atoms with Crippen LogP contribution in [0.1, 0.15) is 23.0 Å². The highest BCUT2D eigenvalue weighted by Crippen LogP contribution is 2.32. The molecule has 5 nitrogen and oxygen atoms in total. The third kappa shape index (κ3) is 3.01. The van der Waals surface area contributed by atoms with Crippen molar-refractivity contribution < 1.29 is 9.18 Å². The van der Waals surface area contributed by atoms with Crippen LogP contribution in [-0.2, 0) is 6.42 Å². The number of halogens is 1. The van der Waals surface area contributed by atoms with Crippen LogP contribution in [0, 0.1) is 5.82 Å². The molecule has 2 aromatic carbocycles. The van der Waals surface area contributed by atoms with E-state index in [-0.39, 0.29) is 23.7 Å². The number of para-hydroxylation sites is 1. The van der Waals surface area contributed by atoms with Crippen molar-refractivity contribution in [3.8, 4) is 0 Å². The number of fused-ring (bicyclic) bond motifs is 1. The monoisotopic (exact) mass is 348 g/mol. The smallest absolute Gasteiger partial charge is 0.277 e. The molecule has 4 rings (SSSR count). The van der Waals surface area contributed by atoms with E-state index in [0.29, 0.717) is 11.4 Å². The maximum atomic E-state index is 13.3. The molecule has 0 saturated heterocycles. The van der Waals surface area contributed by atoms with Crippen molar-refractivity contribution in [2.75, 3.05) is 10.2 Å². The van der Waals surface area contributed by atoms with Gasteiger partial charge in [-0.15, -0.1) is 0 Å². The number of rotatable bonds is 3. The van der Waals surface area contributed by atoms with Crippen LogP contribution in [0.15, 0.2) is 60.8 Å². The molecule has 1 aliphatic rings. The van der Waals surface area contributed by atoms with Gasteiger partial charge < -0.3 is 10.2 Å². The minimum absolute atomic E-state index is 0.0643. The van der Waals surface area contributed by atoms with E-state index in [1.807, 2.05) is 31.2 Å². The van der Waals surface area contributed by atoms with Gasteiger partial charge in [0, 0.05) is 23.6 Å². The van der Waals surface area contributed by atoms with E-state index in [1.54, 1.807) is 23.1 Å². The van der Waals surface area contributed by atoms with Crippen LogP contribution in [0.4, 0.5) is 21.7 Å². The molecule has 0 saturated carbocycles. The van der Waals surface area contributed by atoms with Gasteiger partial charge in [0.2, 0.25) is 5.95 Å². The van der Waals surface area contributed by atoms with E-state index in [1.165, 1.54) is 18.3 Å². The topological polar surface area (TPSA) is 58.1 Å². The predicted octanol–water partition coefficient (Wildman–Crippen LogP) is 3.95. The summed E-state index contributed by atoms with van der Waals surface area (Å²) in [7, 11) is 0. The molecule has 0 aliphatic carbocycles. The number of aromatic nitrogens is 2. The van der Waals surface area contributed by atoms with Crippen LogP contribution in [0.5, 0.6) is 0 Å². The van der Waals surface area contributed by atoms with Gasteiger partial charge in [-0.1, -0.05) is 24.3 Å². The van der Waals surface area contributed by atoms with Crippen molar-refractivity contribution in [3.63, 3.8) is 0 Å². The van der Waals surface area contributed by atoms with Crippen molar-refractivity contribution in [2.24, 2.45) is 0 Å². The molecule has 1 N–H and O–H groups in total. The zero-order valence-electron chi connectivity index (χ0n) is 14.2. The largest absolute Gasteiger partial charge is 0.324 e. The molecule has 2 heterocycles. The molecular weight excluding hydrogens is 331 g/mol. The molecule has 0 fully saturated rings. The Morgan fingerprint density at radius 3 is 2.88 bits per heavy atom. The number of nitrogens with one attached hydrogen (secondary N) is 1. The van der Waals surface area contributed by atoms with Gasteiger partial charge in [-0.25, -0.2) is 14.4 Å². The number of benzene rings is 2. The number of carbonyl (C=O) groups is 1. The first-order chi connectivity index (χ1) is 12.6. The lowest BCUT2D eigenvalue weighted by Gasteiger charge is -2.22. The third-order valence-electron chi connectivity index (χ3n) is 4.38. The molecule has 0 spiro atoms. The molecule has 0 bridgehead atoms. The summed E-state index contributed by atoms with van der Waals surface area (Å²) in [4.78, 5) is 23.2. The average molecular weight is 348 g/mol. The Bertz CT molecular complexity index is 975. The van der Waals surface area contributed by atoms with E-state index in [0.717, 1.165) is 17.7 Å². The summed E-state index contributed by atoms with van der Waals surface area (Å²) in [6, 6.07) is 15.5. The fourth-order valence-electron chi connectivity index (χ4n) is 3.23. The normalized spacial score (nSPS) is 15.6. The summed E-state index contributed by atoms with van der Waals surface area (Å²) in [5.41, 5.74) is 2.89. The van der Waals surface area contributed by atoms with Crippen LogP contribution in [0.2, 0.25) is 0 Å². The lowest BCUT2D eigenvalue weighted by molar-refractivity contribution is 0.0976. The Morgan fingerprint density at radius 1 is 1.19 bits per heavy atom. The second kappa shape index (κ2) is 6.55. The maximum absolute atomic E-state index is 13.3. The van der Waals surface area contributed by atoms with E-state index < -0.39 is 0 Å². The van der Waals surface area contributed by atoms with Gasteiger partial charge in [-0.05, 0) is 49.2 Å². The van der Waals surface area contributed by atoms with Crippen molar-refractivity contribution in [1.82, 2.24) is 9.97 Å². The molecule has 3 aromatic rings. The van der Waals surface area contributed by atoms with Gasteiger partial charge in [-0.2, -0.15) is 0 Å². The number of anilines is 3. The van der Waals surface area contributed by atoms with Crippen molar-refractivity contribution in [3.05, 3.63) is 77.9 Å². The summed E-state index contributed by atoms with van der Waals surface area (Å²) < 4.78 is 13.3. The fourth-order valence-corrected chi connectivity index (χ4v) is 3.23. The van der Waals surface area contributed by atoms with Crippen LogP contribution in [0.25, 0.3) is 0 Å². The third-order valence-corrected chi connectivity index (χ3v) is 4.38. The lowest BCUT2D eigenvalue weighted by atomic mass is 10.1. The van der Waals surface area contributed by atoms with E-state index in [9.17, 15) is 9.18 Å². The first kappa shape index (κ1) is 16.2. The van der Waals surface area contributed by atoms with Crippen LogP contribution < -0.4 is 10.2 Å². The molecular formula is C20H17FN4O. The standard InChI is InChI=1S/C20H17FN4O/c1-13-11-14-5-2-3-8-18(14)25(13)19(26)17-9-10-22-20(24-17)23-16-7-4-6-15(21)12-16/h2-10,12-13H,11H2,1H3,(H,22,23,24). The molecule has 1 aromatic heterocycles. The zero-order valence-corrected chi connectivity index (χ0v) is 14.2. The van der Waals surface area contributed by atoms with Crippen molar-refractivity contribution >= 4 is 23.2 Å². The molecule has 1 aliphatic heterocycles. The number of amides is 1. The number of nitrogens with zero attached hydrogens (tertiary/aromatic N) is 3. The summed E-state index contributed by atoms with van der Waals surface area (Å²) in [6.07, 6.45) is 2.34. The van der Waals surface area contributed by atoms with E-state index >= 15 is 0 Å². The Morgan fingerprint density at radius 2 is 2.04 bits per heavy atom. The molecule has 0 radical (unpaired) electrons. The van der Waals surface area contributed by atoms with Gasteiger partial charge >= 0.3 is 0 Å². The quantitative estimate of drug-likeness (QED) is 0.779. The second-order valence-corrected chi connectivity index (χ2v) is 6.26. The maximum Gasteiger partial charge on any atom is 0.277 e. The zero-order chi connectivity index (χ0) is 18.1. The number of hydrogen-bond acceptors (Lipinski definition) is 4. The van der Waals surface area contributed by atoms with Gasteiger partial charge in [0.05, 0.1) is 0 Å². The fraction of sp³-hybridized carbons (Fsp3) is 0.150. The molecule has 1 unspecified atom stereocenters. The summed E-state index contributed by atoms with van der Waals surface area (Å²) in [6.45, 7) is 2.02. The van der Waals surface area contributed by atoms with Gasteiger partial charge in [0.1, 0.15) is 11.5 Å². The molecule has 6 heteroatoms. The SMILES string of the molecule is CC1Cc2ccccc2N1C(=O)c1ccnc(Nc2cccc(F)c2)n1. The summed E-state index contributed by atoms with van der Waals surface area (Å²) in [5.74, 6) is -0.279. The molecule has 26 heavy (non-hydrogen) atoms. The summed E-state index contributed by atoms with van der Waals surface area (Å²) in [5, 5.41) is 2.93. The van der Waals surface area contributed by atoms with Crippen LogP contribution in [-0.4, -0.2) is 21.9 Å². The van der Waals surface area contributed by atoms with E-state index in [4.69, 9.17) is 0 Å². The van der Waals surface area contributed by atoms with Gasteiger partial charge in [0.25, 0.3) is 5.91 Å². The highest BCUT2D eigenvalue weighted by atomic mass is 19.1. The van der Waals surface area contributed by atoms with Gasteiger partial charge in [-0.3, -0.25) is 4.79 Å². The molecule has 1 atom stereocenters. The Balaban J connectivity index is 1.61. The highest BCUT2D eigenvalue weighted by molar-refractivity contribution is 6.06. The lowest BCUT2D eigenvalue weighted by Crippen LogP contribution is -2.36.